The summed E-state index contributed by atoms with van der Waals surface area (Å²) in [5, 5.41) is 11.5. The Bertz CT molecular complexity index is 823. The van der Waals surface area contributed by atoms with E-state index in [2.05, 4.69) is 15.3 Å². The van der Waals surface area contributed by atoms with Gasteiger partial charge in [0.15, 0.2) is 0 Å². The molecule has 0 aromatic carbocycles. The van der Waals surface area contributed by atoms with Crippen LogP contribution in [0, 0.1) is 19.8 Å². The van der Waals surface area contributed by atoms with E-state index in [4.69, 9.17) is 4.74 Å². The van der Waals surface area contributed by atoms with E-state index in [1.165, 1.54) is 0 Å². The topological polar surface area (TPSA) is 93.1 Å². The summed E-state index contributed by atoms with van der Waals surface area (Å²) < 4.78 is 6.90. The predicted octanol–water partition coefficient (Wildman–Crippen LogP) is 1.84. The zero-order chi connectivity index (χ0) is 18.8. The van der Waals surface area contributed by atoms with E-state index in [-0.39, 0.29) is 17.8 Å². The molecule has 8 nitrogen and oxygen atoms in total. The molecule has 140 valence electrons. The normalized spacial score (nSPS) is 17.4. The number of likely N-dealkylation sites (tertiary alicyclic amines) is 1. The Balaban J connectivity index is 1.76. The number of aryl methyl sites for hydroxylation is 2. The first-order valence-electron chi connectivity index (χ1n) is 8.94. The zero-order valence-corrected chi connectivity index (χ0v) is 15.7. The number of nitrogens with zero attached hydrogens (tertiary/aromatic N) is 4. The van der Waals surface area contributed by atoms with Crippen molar-refractivity contribution in [3.8, 4) is 11.3 Å². The van der Waals surface area contributed by atoms with Crippen molar-refractivity contribution in [2.24, 2.45) is 13.0 Å². The number of aromatic amines is 1. The molecule has 26 heavy (non-hydrogen) atoms. The van der Waals surface area contributed by atoms with Crippen LogP contribution in [0.1, 0.15) is 41.6 Å². The molecule has 0 saturated carbocycles. The number of hydrogen-bond acceptors (Lipinski definition) is 5. The number of piperidine rings is 1. The molecule has 3 rings (SSSR count). The quantitative estimate of drug-likeness (QED) is 0.841. The number of carbonyl (C=O) groups is 2. The summed E-state index contributed by atoms with van der Waals surface area (Å²) in [6, 6.07) is 1.76. The van der Waals surface area contributed by atoms with Crippen molar-refractivity contribution in [3.05, 3.63) is 23.1 Å². The molecule has 1 unspecified atom stereocenters. The van der Waals surface area contributed by atoms with Gasteiger partial charge in [0.05, 0.1) is 23.9 Å². The Morgan fingerprint density at radius 1 is 1.38 bits per heavy atom. The largest absolute Gasteiger partial charge is 0.466 e. The fourth-order valence-electron chi connectivity index (χ4n) is 3.49. The number of H-pyrrole nitrogens is 1. The van der Waals surface area contributed by atoms with Crippen LogP contribution in [0.15, 0.2) is 6.07 Å². The molecule has 1 saturated heterocycles. The molecule has 3 heterocycles. The summed E-state index contributed by atoms with van der Waals surface area (Å²) >= 11 is 0. The summed E-state index contributed by atoms with van der Waals surface area (Å²) in [7, 11) is 1.88. The van der Waals surface area contributed by atoms with Gasteiger partial charge in [-0.1, -0.05) is 0 Å². The lowest BCUT2D eigenvalue weighted by Crippen LogP contribution is -2.43. The Morgan fingerprint density at radius 2 is 2.15 bits per heavy atom. The summed E-state index contributed by atoms with van der Waals surface area (Å²) in [4.78, 5) is 26.5. The molecule has 2 aromatic heterocycles. The lowest BCUT2D eigenvalue weighted by Gasteiger charge is -2.31. The van der Waals surface area contributed by atoms with E-state index in [9.17, 15) is 9.59 Å². The molecule has 1 fully saturated rings. The van der Waals surface area contributed by atoms with Crippen LogP contribution in [-0.4, -0.2) is 56.5 Å². The Hall–Kier alpha value is -2.64. The maximum atomic E-state index is 12.8. The van der Waals surface area contributed by atoms with Gasteiger partial charge in [-0.3, -0.25) is 19.4 Å². The van der Waals surface area contributed by atoms with Gasteiger partial charge in [-0.2, -0.15) is 10.2 Å². The highest BCUT2D eigenvalue weighted by molar-refractivity contribution is 5.94. The van der Waals surface area contributed by atoms with Crippen LogP contribution in [-0.2, 0) is 16.6 Å². The number of rotatable bonds is 4. The van der Waals surface area contributed by atoms with Crippen LogP contribution in [0.3, 0.4) is 0 Å². The van der Waals surface area contributed by atoms with Crippen LogP contribution < -0.4 is 0 Å². The van der Waals surface area contributed by atoms with Gasteiger partial charge in [0.1, 0.15) is 5.69 Å². The number of ether oxygens (including phenoxy) is 1. The van der Waals surface area contributed by atoms with Crippen molar-refractivity contribution in [1.29, 1.82) is 0 Å². The second kappa shape index (κ2) is 7.31. The molecule has 0 spiro atoms. The molecule has 1 aliphatic rings. The number of esters is 1. The van der Waals surface area contributed by atoms with E-state index < -0.39 is 0 Å². The third-order valence-corrected chi connectivity index (χ3v) is 4.90. The molecule has 8 heteroatoms. The third kappa shape index (κ3) is 3.36. The van der Waals surface area contributed by atoms with E-state index in [0.29, 0.717) is 31.1 Å². The molecule has 0 radical (unpaired) electrons. The summed E-state index contributed by atoms with van der Waals surface area (Å²) in [5.41, 5.74) is 3.93. The minimum Gasteiger partial charge on any atom is -0.466 e. The molecule has 1 N–H and O–H groups in total. The van der Waals surface area contributed by atoms with Gasteiger partial charge in [-0.15, -0.1) is 0 Å². The van der Waals surface area contributed by atoms with E-state index in [1.807, 2.05) is 20.9 Å². The van der Waals surface area contributed by atoms with Gasteiger partial charge in [-0.05, 0) is 39.7 Å². The maximum absolute atomic E-state index is 12.8. The van der Waals surface area contributed by atoms with Crippen molar-refractivity contribution in [1.82, 2.24) is 24.9 Å². The fraction of sp³-hybridized carbons (Fsp3) is 0.556. The SMILES string of the molecule is CCOC(=O)C1CCCN(C(=O)c2cc(-c3c(C)nn(C)c3C)n[nH]2)C1. The Kier molecular flexibility index (Phi) is 5.11. The van der Waals surface area contributed by atoms with E-state index in [1.54, 1.807) is 22.6 Å². The molecular formula is C18H25N5O3. The van der Waals surface area contributed by atoms with Crippen molar-refractivity contribution in [2.45, 2.75) is 33.6 Å². The maximum Gasteiger partial charge on any atom is 0.310 e. The highest BCUT2D eigenvalue weighted by Gasteiger charge is 2.30. The summed E-state index contributed by atoms with van der Waals surface area (Å²) in [6.07, 6.45) is 1.54. The lowest BCUT2D eigenvalue weighted by molar-refractivity contribution is -0.149. The molecule has 1 amide bonds. The van der Waals surface area contributed by atoms with Gasteiger partial charge in [-0.25, -0.2) is 0 Å². The van der Waals surface area contributed by atoms with Gasteiger partial charge < -0.3 is 9.64 Å². The molecule has 2 aromatic rings. The number of nitrogens with one attached hydrogen (secondary N) is 1. The number of aromatic nitrogens is 4. The minimum atomic E-state index is -0.252. The molecule has 1 atom stereocenters. The smallest absolute Gasteiger partial charge is 0.310 e. The van der Waals surface area contributed by atoms with E-state index >= 15 is 0 Å². The Morgan fingerprint density at radius 3 is 2.81 bits per heavy atom. The second-order valence-electron chi connectivity index (χ2n) is 6.68. The van der Waals surface area contributed by atoms with Crippen LogP contribution in [0.2, 0.25) is 0 Å². The standard InChI is InChI=1S/C18H25N5O3/c1-5-26-18(25)13-7-6-8-23(10-13)17(24)15-9-14(19-20-15)16-11(2)21-22(4)12(16)3/h9,13H,5-8,10H2,1-4H3,(H,19,20). The average Bonchev–Trinajstić information content (AvgIpc) is 3.19. The number of amides is 1. The van der Waals surface area contributed by atoms with Crippen molar-refractivity contribution >= 4 is 11.9 Å². The fourth-order valence-corrected chi connectivity index (χ4v) is 3.49. The van der Waals surface area contributed by atoms with Crippen LogP contribution >= 0.6 is 0 Å². The molecular weight excluding hydrogens is 334 g/mol. The van der Waals surface area contributed by atoms with Crippen molar-refractivity contribution in [3.63, 3.8) is 0 Å². The lowest BCUT2D eigenvalue weighted by atomic mass is 9.98. The predicted molar refractivity (Wildman–Crippen MR) is 95.5 cm³/mol. The Labute approximate surface area is 152 Å². The number of carbonyl (C=O) groups excluding carboxylic acids is 2. The first kappa shape index (κ1) is 18.2. The van der Waals surface area contributed by atoms with Crippen LogP contribution in [0.5, 0.6) is 0 Å². The van der Waals surface area contributed by atoms with Crippen LogP contribution in [0.25, 0.3) is 11.3 Å². The first-order chi connectivity index (χ1) is 12.4. The third-order valence-electron chi connectivity index (χ3n) is 4.90. The van der Waals surface area contributed by atoms with Gasteiger partial charge in [0.25, 0.3) is 5.91 Å². The minimum absolute atomic E-state index is 0.142. The highest BCUT2D eigenvalue weighted by atomic mass is 16.5. The molecule has 0 aliphatic carbocycles. The van der Waals surface area contributed by atoms with Crippen molar-refractivity contribution < 1.29 is 14.3 Å². The molecule has 1 aliphatic heterocycles. The highest BCUT2D eigenvalue weighted by Crippen LogP contribution is 2.26. The average molecular weight is 359 g/mol. The summed E-state index contributed by atoms with van der Waals surface area (Å²) in [6.45, 7) is 7.06. The summed E-state index contributed by atoms with van der Waals surface area (Å²) in [5.74, 6) is -0.619. The second-order valence-corrected chi connectivity index (χ2v) is 6.68. The van der Waals surface area contributed by atoms with E-state index in [0.717, 1.165) is 29.8 Å². The van der Waals surface area contributed by atoms with Crippen LogP contribution in [0.4, 0.5) is 0 Å². The van der Waals surface area contributed by atoms with Gasteiger partial charge >= 0.3 is 5.97 Å². The molecule has 0 bridgehead atoms. The van der Waals surface area contributed by atoms with Gasteiger partial charge in [0.2, 0.25) is 0 Å². The first-order valence-corrected chi connectivity index (χ1v) is 8.94. The number of hydrogen-bond donors (Lipinski definition) is 1. The van der Waals surface area contributed by atoms with Gasteiger partial charge in [0, 0.05) is 31.4 Å². The zero-order valence-electron chi connectivity index (χ0n) is 15.7. The van der Waals surface area contributed by atoms with Crippen molar-refractivity contribution in [2.75, 3.05) is 19.7 Å². The monoisotopic (exact) mass is 359 g/mol.